The highest BCUT2D eigenvalue weighted by Gasteiger charge is 2.31. The number of hydrogen-bond acceptors (Lipinski definition) is 4. The highest BCUT2D eigenvalue weighted by molar-refractivity contribution is 6.02. The summed E-state index contributed by atoms with van der Waals surface area (Å²) in [6.45, 7) is 1.06. The second kappa shape index (κ2) is 7.23. The molecule has 138 valence electrons. The minimum Gasteiger partial charge on any atom is -0.464 e. The van der Waals surface area contributed by atoms with Crippen LogP contribution in [0.5, 0.6) is 5.75 Å². The number of aromatic nitrogens is 2. The molecule has 27 heavy (non-hydrogen) atoms. The molecule has 0 aliphatic carbocycles. The zero-order valence-corrected chi connectivity index (χ0v) is 15.2. The molecule has 0 radical (unpaired) electrons. The van der Waals surface area contributed by atoms with Crippen LogP contribution in [-0.4, -0.2) is 39.2 Å². The van der Waals surface area contributed by atoms with Gasteiger partial charge < -0.3 is 14.2 Å². The molecule has 3 heterocycles. The molecule has 2 aliphatic rings. The van der Waals surface area contributed by atoms with Crippen molar-refractivity contribution in [2.75, 3.05) is 13.1 Å². The summed E-state index contributed by atoms with van der Waals surface area (Å²) in [7, 11) is 1.81. The number of likely N-dealkylation sites (tertiary alicyclic amines) is 1. The van der Waals surface area contributed by atoms with Crippen LogP contribution in [-0.2, 0) is 11.8 Å². The number of ether oxygens (including phenoxy) is 1. The lowest BCUT2D eigenvalue weighted by atomic mass is 9.92. The fourth-order valence-corrected chi connectivity index (χ4v) is 3.58. The summed E-state index contributed by atoms with van der Waals surface area (Å²) >= 11 is 0. The van der Waals surface area contributed by atoms with E-state index in [-0.39, 0.29) is 17.6 Å². The molecule has 0 bridgehead atoms. The number of aryl methyl sites for hydroxylation is 1. The van der Waals surface area contributed by atoms with Crippen LogP contribution in [0.4, 0.5) is 0 Å². The number of piperidine rings is 1. The van der Waals surface area contributed by atoms with Crippen LogP contribution in [0, 0.1) is 5.92 Å². The number of fused-ring (bicyclic) bond motifs is 1. The van der Waals surface area contributed by atoms with Crippen molar-refractivity contribution in [1.29, 1.82) is 0 Å². The SMILES string of the molecule is Cn1ccnc1C(=O)[C@H]1CCCN(C(=O)C2=Cc3ccccc3OC=C2)C1. The summed E-state index contributed by atoms with van der Waals surface area (Å²) in [5.41, 5.74) is 1.42. The van der Waals surface area contributed by atoms with Crippen LogP contribution in [0.25, 0.3) is 6.08 Å². The normalized spacial score (nSPS) is 18.9. The van der Waals surface area contributed by atoms with E-state index in [1.807, 2.05) is 37.4 Å². The lowest BCUT2D eigenvalue weighted by Gasteiger charge is -2.32. The van der Waals surface area contributed by atoms with Crippen molar-refractivity contribution in [3.63, 3.8) is 0 Å². The van der Waals surface area contributed by atoms with Crippen molar-refractivity contribution in [1.82, 2.24) is 14.5 Å². The number of imidazole rings is 1. The molecule has 0 N–H and O–H groups in total. The van der Waals surface area contributed by atoms with Gasteiger partial charge in [0.1, 0.15) is 5.75 Å². The van der Waals surface area contributed by atoms with Crippen molar-refractivity contribution in [3.05, 3.63) is 66.0 Å². The van der Waals surface area contributed by atoms with E-state index in [1.54, 1.807) is 27.9 Å². The maximum atomic E-state index is 13.1. The van der Waals surface area contributed by atoms with Crippen molar-refractivity contribution in [2.45, 2.75) is 12.8 Å². The van der Waals surface area contributed by atoms with Gasteiger partial charge in [-0.1, -0.05) is 18.2 Å². The quantitative estimate of drug-likeness (QED) is 0.787. The summed E-state index contributed by atoms with van der Waals surface area (Å²) < 4.78 is 7.30. The number of carbonyl (C=O) groups excluding carboxylic acids is 2. The Morgan fingerprint density at radius 1 is 1.26 bits per heavy atom. The Hall–Kier alpha value is -3.15. The first-order valence-corrected chi connectivity index (χ1v) is 9.08. The Morgan fingerprint density at radius 3 is 2.93 bits per heavy atom. The first-order chi connectivity index (χ1) is 13.1. The van der Waals surface area contributed by atoms with Gasteiger partial charge in [0, 0.05) is 49.6 Å². The minimum absolute atomic E-state index is 0.000864. The van der Waals surface area contributed by atoms with Gasteiger partial charge in [-0.15, -0.1) is 0 Å². The lowest BCUT2D eigenvalue weighted by Crippen LogP contribution is -2.43. The number of hydrogen-bond donors (Lipinski definition) is 0. The molecule has 0 unspecified atom stereocenters. The molecule has 1 atom stereocenters. The molecule has 1 amide bonds. The number of rotatable bonds is 3. The first-order valence-electron chi connectivity index (χ1n) is 9.08. The van der Waals surface area contributed by atoms with Gasteiger partial charge >= 0.3 is 0 Å². The van der Waals surface area contributed by atoms with Crippen molar-refractivity contribution in [2.24, 2.45) is 13.0 Å². The minimum atomic E-state index is -0.220. The smallest absolute Gasteiger partial charge is 0.254 e. The summed E-state index contributed by atoms with van der Waals surface area (Å²) in [6, 6.07) is 7.59. The van der Waals surface area contributed by atoms with Crippen molar-refractivity contribution in [3.8, 4) is 5.75 Å². The van der Waals surface area contributed by atoms with Crippen LogP contribution in [0.3, 0.4) is 0 Å². The fourth-order valence-electron chi connectivity index (χ4n) is 3.58. The van der Waals surface area contributed by atoms with Crippen molar-refractivity contribution < 1.29 is 14.3 Å². The largest absolute Gasteiger partial charge is 0.464 e. The van der Waals surface area contributed by atoms with Gasteiger partial charge in [-0.05, 0) is 31.1 Å². The van der Waals surface area contributed by atoms with Crippen molar-refractivity contribution >= 4 is 17.8 Å². The zero-order chi connectivity index (χ0) is 18.8. The second-order valence-corrected chi connectivity index (χ2v) is 6.87. The number of amides is 1. The number of benzene rings is 1. The lowest BCUT2D eigenvalue weighted by molar-refractivity contribution is -0.128. The molecule has 1 aromatic heterocycles. The standard InChI is InChI=1S/C21H21N3O3/c1-23-11-9-22-20(23)19(25)17-6-4-10-24(14-17)21(26)16-8-12-27-18-7-3-2-5-15(18)13-16/h2-3,5,7-9,11-13,17H,4,6,10,14H2,1H3/t17-/m0/s1. The summed E-state index contributed by atoms with van der Waals surface area (Å²) in [4.78, 5) is 31.8. The van der Waals surface area contributed by atoms with E-state index < -0.39 is 0 Å². The molecule has 1 saturated heterocycles. The van der Waals surface area contributed by atoms with Gasteiger partial charge in [0.25, 0.3) is 5.91 Å². The molecule has 1 aromatic carbocycles. The molecular weight excluding hydrogens is 342 g/mol. The number of para-hydroxylation sites is 1. The number of Topliss-reactive ketones (excluding diaryl/α,β-unsaturated/α-hetero) is 1. The van der Waals surface area contributed by atoms with Crippen LogP contribution in [0.2, 0.25) is 0 Å². The number of ketones is 1. The Bertz CT molecular complexity index is 942. The summed E-state index contributed by atoms with van der Waals surface area (Å²) in [5, 5.41) is 0. The van der Waals surface area contributed by atoms with Gasteiger partial charge in [0.15, 0.2) is 5.82 Å². The van der Waals surface area contributed by atoms with E-state index in [0.29, 0.717) is 24.5 Å². The molecule has 2 aliphatic heterocycles. The summed E-state index contributed by atoms with van der Waals surface area (Å²) in [6.07, 6.45) is 10.0. The molecule has 2 aromatic rings. The Morgan fingerprint density at radius 2 is 2.11 bits per heavy atom. The van der Waals surface area contributed by atoms with E-state index in [2.05, 4.69) is 4.98 Å². The van der Waals surface area contributed by atoms with Crippen LogP contribution in [0.15, 0.2) is 54.6 Å². The van der Waals surface area contributed by atoms with Crippen LogP contribution >= 0.6 is 0 Å². The Kier molecular flexibility index (Phi) is 4.62. The van der Waals surface area contributed by atoms with E-state index in [4.69, 9.17) is 4.74 Å². The van der Waals surface area contributed by atoms with Gasteiger partial charge in [0.05, 0.1) is 6.26 Å². The highest BCUT2D eigenvalue weighted by atomic mass is 16.5. The van der Waals surface area contributed by atoms with Gasteiger partial charge in [-0.25, -0.2) is 4.98 Å². The molecular formula is C21H21N3O3. The number of carbonyl (C=O) groups is 2. The highest BCUT2D eigenvalue weighted by Crippen LogP contribution is 2.27. The van der Waals surface area contributed by atoms with E-state index in [9.17, 15) is 9.59 Å². The molecule has 4 rings (SSSR count). The third-order valence-electron chi connectivity index (χ3n) is 5.04. The monoisotopic (exact) mass is 363 g/mol. The fraction of sp³-hybridized carbons (Fsp3) is 0.286. The molecule has 0 spiro atoms. The molecule has 6 heteroatoms. The summed E-state index contributed by atoms with van der Waals surface area (Å²) in [5.74, 6) is 0.869. The molecule has 0 saturated carbocycles. The predicted octanol–water partition coefficient (Wildman–Crippen LogP) is 2.83. The third-order valence-corrected chi connectivity index (χ3v) is 5.04. The Balaban J connectivity index is 1.53. The molecule has 6 nitrogen and oxygen atoms in total. The van der Waals surface area contributed by atoms with Crippen LogP contribution in [0.1, 0.15) is 29.0 Å². The van der Waals surface area contributed by atoms with E-state index >= 15 is 0 Å². The number of nitrogens with zero attached hydrogens (tertiary/aromatic N) is 3. The zero-order valence-electron chi connectivity index (χ0n) is 15.2. The maximum Gasteiger partial charge on any atom is 0.254 e. The third kappa shape index (κ3) is 3.43. The average Bonchev–Trinajstić information content (AvgIpc) is 3.00. The van der Waals surface area contributed by atoms with E-state index in [1.165, 1.54) is 6.26 Å². The Labute approximate surface area is 157 Å². The van der Waals surface area contributed by atoms with Gasteiger partial charge in [-0.3, -0.25) is 9.59 Å². The van der Waals surface area contributed by atoms with E-state index in [0.717, 1.165) is 24.2 Å². The average molecular weight is 363 g/mol. The topological polar surface area (TPSA) is 64.4 Å². The first kappa shape index (κ1) is 17.3. The van der Waals surface area contributed by atoms with Gasteiger partial charge in [-0.2, -0.15) is 0 Å². The predicted molar refractivity (Wildman–Crippen MR) is 101 cm³/mol. The maximum absolute atomic E-state index is 13.1. The van der Waals surface area contributed by atoms with Crippen LogP contribution < -0.4 is 4.74 Å². The van der Waals surface area contributed by atoms with Gasteiger partial charge in [0.2, 0.25) is 5.78 Å². The molecule has 1 fully saturated rings. The second-order valence-electron chi connectivity index (χ2n) is 6.87.